The molecule has 0 bridgehead atoms. The van der Waals surface area contributed by atoms with Gasteiger partial charge in [0.15, 0.2) is 11.6 Å². The summed E-state index contributed by atoms with van der Waals surface area (Å²) in [7, 11) is 3.15. The van der Waals surface area contributed by atoms with Gasteiger partial charge in [0.25, 0.3) is 0 Å². The number of nitrogens with one attached hydrogen (secondary N) is 1. The molecule has 1 saturated heterocycles. The van der Waals surface area contributed by atoms with Crippen LogP contribution in [0.15, 0.2) is 42.5 Å². The molecule has 1 aliphatic heterocycles. The molecule has 4 nitrogen and oxygen atoms in total. The summed E-state index contributed by atoms with van der Waals surface area (Å²) in [6, 6.07) is 13.1. The predicted molar refractivity (Wildman–Crippen MR) is 92.2 cm³/mol. The molecule has 1 atom stereocenters. The van der Waals surface area contributed by atoms with Crippen molar-refractivity contribution < 1.29 is 13.9 Å². The molecule has 0 amide bonds. The molecule has 0 aliphatic carbocycles. The van der Waals surface area contributed by atoms with E-state index in [0.29, 0.717) is 0 Å². The Morgan fingerprint density at radius 2 is 1.71 bits per heavy atom. The van der Waals surface area contributed by atoms with Gasteiger partial charge in [0.2, 0.25) is 0 Å². The molecular weight excluding hydrogens is 307 g/mol. The van der Waals surface area contributed by atoms with Crippen LogP contribution in [0.4, 0.5) is 4.39 Å². The van der Waals surface area contributed by atoms with E-state index < -0.39 is 0 Å². The Morgan fingerprint density at radius 3 is 2.38 bits per heavy atom. The number of hydrogen-bond donors (Lipinski definition) is 1. The molecule has 1 heterocycles. The zero-order chi connectivity index (χ0) is 16.9. The third-order valence-electron chi connectivity index (χ3n) is 4.44. The van der Waals surface area contributed by atoms with Gasteiger partial charge in [-0.05, 0) is 23.8 Å². The summed E-state index contributed by atoms with van der Waals surface area (Å²) in [6.07, 6.45) is 0. The van der Waals surface area contributed by atoms with E-state index in [1.807, 2.05) is 30.3 Å². The van der Waals surface area contributed by atoms with Gasteiger partial charge in [0.05, 0.1) is 20.3 Å². The highest BCUT2D eigenvalue weighted by Gasteiger charge is 2.27. The minimum atomic E-state index is -0.343. The third-order valence-corrected chi connectivity index (χ3v) is 4.44. The van der Waals surface area contributed by atoms with Crippen LogP contribution in [0, 0.1) is 5.82 Å². The van der Waals surface area contributed by atoms with Crippen molar-refractivity contribution in [1.29, 1.82) is 0 Å². The van der Waals surface area contributed by atoms with Crippen molar-refractivity contribution in [3.8, 4) is 11.5 Å². The number of methoxy groups -OCH3 is 2. The fourth-order valence-corrected chi connectivity index (χ4v) is 3.27. The lowest BCUT2D eigenvalue weighted by Gasteiger charge is -2.36. The zero-order valence-corrected chi connectivity index (χ0v) is 14.1. The molecule has 1 unspecified atom stereocenters. The number of halogens is 1. The van der Waals surface area contributed by atoms with E-state index in [2.05, 4.69) is 10.2 Å². The first-order valence-corrected chi connectivity index (χ1v) is 8.15. The molecule has 24 heavy (non-hydrogen) atoms. The highest BCUT2D eigenvalue weighted by Crippen LogP contribution is 2.36. The Bertz CT molecular complexity index is 687. The molecule has 1 aliphatic rings. The van der Waals surface area contributed by atoms with Crippen LogP contribution >= 0.6 is 0 Å². The lowest BCUT2D eigenvalue weighted by atomic mass is 9.95. The number of hydrogen-bond acceptors (Lipinski definition) is 4. The number of benzene rings is 2. The number of ether oxygens (including phenoxy) is 2. The molecule has 0 radical (unpaired) electrons. The number of nitrogens with zero attached hydrogens (tertiary/aromatic N) is 1. The summed E-state index contributed by atoms with van der Waals surface area (Å²) < 4.78 is 24.9. The molecule has 128 valence electrons. The Hall–Kier alpha value is -2.11. The van der Waals surface area contributed by atoms with Crippen molar-refractivity contribution in [2.24, 2.45) is 0 Å². The topological polar surface area (TPSA) is 33.7 Å². The summed E-state index contributed by atoms with van der Waals surface area (Å²) in [5.74, 6) is 0.736. The van der Waals surface area contributed by atoms with Gasteiger partial charge in [-0.25, -0.2) is 4.39 Å². The van der Waals surface area contributed by atoms with Crippen LogP contribution in [-0.4, -0.2) is 45.3 Å². The summed E-state index contributed by atoms with van der Waals surface area (Å²) in [6.45, 7) is 3.64. The van der Waals surface area contributed by atoms with Crippen molar-refractivity contribution in [2.75, 3.05) is 40.4 Å². The molecule has 0 spiro atoms. The number of rotatable bonds is 5. The molecule has 1 fully saturated rings. The Kier molecular flexibility index (Phi) is 5.33. The maximum atomic E-state index is 14.3. The Balaban J connectivity index is 2.06. The first kappa shape index (κ1) is 16.7. The van der Waals surface area contributed by atoms with Crippen LogP contribution in [0.25, 0.3) is 0 Å². The normalized spacial score (nSPS) is 16.6. The van der Waals surface area contributed by atoms with Crippen molar-refractivity contribution in [3.05, 3.63) is 59.4 Å². The maximum absolute atomic E-state index is 14.3. The average molecular weight is 330 g/mol. The van der Waals surface area contributed by atoms with Crippen molar-refractivity contribution >= 4 is 0 Å². The van der Waals surface area contributed by atoms with Crippen LogP contribution in [0.3, 0.4) is 0 Å². The van der Waals surface area contributed by atoms with Gasteiger partial charge in [0, 0.05) is 31.7 Å². The van der Waals surface area contributed by atoms with E-state index in [1.54, 1.807) is 19.2 Å². The fraction of sp³-hybridized carbons (Fsp3) is 0.368. The maximum Gasteiger partial charge on any atom is 0.165 e. The van der Waals surface area contributed by atoms with Crippen LogP contribution in [0.2, 0.25) is 0 Å². The smallest absolute Gasteiger partial charge is 0.165 e. The molecular formula is C19H23FN2O2. The Morgan fingerprint density at radius 1 is 1.00 bits per heavy atom. The predicted octanol–water partition coefficient (Wildman–Crippen LogP) is 2.84. The Labute approximate surface area is 142 Å². The second-order valence-electron chi connectivity index (χ2n) is 5.82. The minimum Gasteiger partial charge on any atom is -0.496 e. The van der Waals surface area contributed by atoms with Gasteiger partial charge in [-0.1, -0.05) is 24.3 Å². The van der Waals surface area contributed by atoms with Gasteiger partial charge < -0.3 is 14.8 Å². The number of para-hydroxylation sites is 1. The average Bonchev–Trinajstić information content (AvgIpc) is 2.63. The first-order valence-electron chi connectivity index (χ1n) is 8.15. The van der Waals surface area contributed by atoms with E-state index in [1.165, 1.54) is 7.11 Å². The summed E-state index contributed by atoms with van der Waals surface area (Å²) in [4.78, 5) is 2.36. The molecule has 0 saturated carbocycles. The largest absolute Gasteiger partial charge is 0.496 e. The first-order chi connectivity index (χ1) is 11.7. The van der Waals surface area contributed by atoms with E-state index in [0.717, 1.165) is 43.1 Å². The summed E-state index contributed by atoms with van der Waals surface area (Å²) >= 11 is 0. The van der Waals surface area contributed by atoms with Gasteiger partial charge in [-0.2, -0.15) is 0 Å². The quantitative estimate of drug-likeness (QED) is 0.914. The zero-order valence-electron chi connectivity index (χ0n) is 14.1. The standard InChI is InChI=1S/C19H23FN2O2/c1-23-17-6-4-3-5-15(17)19(22-11-9-21-10-12-22)14-7-8-18(24-2)16(20)13-14/h3-8,13,19,21H,9-12H2,1-2H3. The number of piperazine rings is 1. The van der Waals surface area contributed by atoms with Gasteiger partial charge in [0.1, 0.15) is 5.75 Å². The third kappa shape index (κ3) is 3.37. The SMILES string of the molecule is COc1ccc(C(c2ccccc2OC)N2CCNCC2)cc1F. The molecule has 3 rings (SSSR count). The van der Waals surface area contributed by atoms with Crippen molar-refractivity contribution in [1.82, 2.24) is 10.2 Å². The van der Waals surface area contributed by atoms with Crippen molar-refractivity contribution in [2.45, 2.75) is 6.04 Å². The molecule has 2 aromatic rings. The molecule has 0 aromatic heterocycles. The van der Waals surface area contributed by atoms with Gasteiger partial charge in [-0.15, -0.1) is 0 Å². The minimum absolute atomic E-state index is 0.0522. The van der Waals surface area contributed by atoms with Crippen LogP contribution < -0.4 is 14.8 Å². The lowest BCUT2D eigenvalue weighted by molar-refractivity contribution is 0.195. The van der Waals surface area contributed by atoms with Gasteiger partial charge >= 0.3 is 0 Å². The molecule has 2 aromatic carbocycles. The second-order valence-corrected chi connectivity index (χ2v) is 5.82. The highest BCUT2D eigenvalue weighted by molar-refractivity contribution is 5.43. The van der Waals surface area contributed by atoms with E-state index >= 15 is 0 Å². The molecule has 1 N–H and O–H groups in total. The fourth-order valence-electron chi connectivity index (χ4n) is 3.27. The molecule has 5 heteroatoms. The van der Waals surface area contributed by atoms with E-state index in [-0.39, 0.29) is 17.6 Å². The van der Waals surface area contributed by atoms with Crippen LogP contribution in [0.1, 0.15) is 17.2 Å². The second kappa shape index (κ2) is 7.64. The van der Waals surface area contributed by atoms with Crippen LogP contribution in [0.5, 0.6) is 11.5 Å². The highest BCUT2D eigenvalue weighted by atomic mass is 19.1. The van der Waals surface area contributed by atoms with Gasteiger partial charge in [-0.3, -0.25) is 4.90 Å². The monoisotopic (exact) mass is 330 g/mol. The van der Waals surface area contributed by atoms with E-state index in [9.17, 15) is 4.39 Å². The summed E-state index contributed by atoms with van der Waals surface area (Å²) in [5, 5.41) is 3.36. The van der Waals surface area contributed by atoms with Crippen molar-refractivity contribution in [3.63, 3.8) is 0 Å². The van der Waals surface area contributed by atoms with E-state index in [4.69, 9.17) is 9.47 Å². The summed E-state index contributed by atoms with van der Waals surface area (Å²) in [5.41, 5.74) is 1.95. The van der Waals surface area contributed by atoms with Crippen LogP contribution in [-0.2, 0) is 0 Å². The lowest BCUT2D eigenvalue weighted by Crippen LogP contribution is -2.45.